The number of amides is 1. The van der Waals surface area contributed by atoms with Gasteiger partial charge in [-0.05, 0) is 25.1 Å². The van der Waals surface area contributed by atoms with Crippen molar-refractivity contribution in [3.05, 3.63) is 64.5 Å². The molecule has 26 heavy (non-hydrogen) atoms. The molecule has 1 aromatic carbocycles. The Labute approximate surface area is 149 Å². The fourth-order valence-electron chi connectivity index (χ4n) is 2.47. The summed E-state index contributed by atoms with van der Waals surface area (Å²) in [6.07, 6.45) is 2.97. The van der Waals surface area contributed by atoms with Gasteiger partial charge in [-0.15, -0.1) is 0 Å². The molecule has 3 rings (SSSR count). The molecule has 1 amide bonds. The molecule has 0 fully saturated rings. The lowest BCUT2D eigenvalue weighted by Crippen LogP contribution is -2.31. The van der Waals surface area contributed by atoms with E-state index in [-0.39, 0.29) is 11.5 Å². The fraction of sp³-hybridized carbons (Fsp3) is 0.222. The van der Waals surface area contributed by atoms with Gasteiger partial charge in [-0.3, -0.25) is 19.3 Å². The van der Waals surface area contributed by atoms with Gasteiger partial charge in [0.1, 0.15) is 11.4 Å². The summed E-state index contributed by atoms with van der Waals surface area (Å²) in [7, 11) is 1.59. The maximum absolute atomic E-state index is 12.2. The third kappa shape index (κ3) is 3.80. The number of aromatic amines is 1. The summed E-state index contributed by atoms with van der Waals surface area (Å²) in [5.41, 5.74) is 2.29. The summed E-state index contributed by atoms with van der Waals surface area (Å²) >= 11 is 0. The van der Waals surface area contributed by atoms with Gasteiger partial charge < -0.3 is 10.1 Å². The van der Waals surface area contributed by atoms with Crippen LogP contribution in [0.15, 0.2) is 47.7 Å². The predicted octanol–water partition coefficient (Wildman–Crippen LogP) is 1.38. The zero-order valence-corrected chi connectivity index (χ0v) is 14.5. The molecule has 2 N–H and O–H groups in total. The molecule has 2 heterocycles. The summed E-state index contributed by atoms with van der Waals surface area (Å²) in [4.78, 5) is 28.1. The summed E-state index contributed by atoms with van der Waals surface area (Å²) in [5.74, 6) is 0.425. The van der Waals surface area contributed by atoms with E-state index in [4.69, 9.17) is 4.74 Å². The molecular weight excluding hydrogens is 334 g/mol. The molecule has 0 aliphatic heterocycles. The monoisotopic (exact) mass is 353 g/mol. The number of aromatic nitrogens is 4. The predicted molar refractivity (Wildman–Crippen MR) is 96.1 cm³/mol. The molecule has 8 nitrogen and oxygen atoms in total. The van der Waals surface area contributed by atoms with E-state index in [1.165, 1.54) is 17.1 Å². The van der Waals surface area contributed by atoms with Crippen molar-refractivity contribution in [2.24, 2.45) is 0 Å². The third-order valence-electron chi connectivity index (χ3n) is 3.90. The Morgan fingerprint density at radius 2 is 2.19 bits per heavy atom. The standard InChI is InChI=1S/C18H19N5O3/c1-12-10-19-11-23(18(12)25)7-6-20-17(24)16-9-15(21-22-16)13-4-3-5-14(8-13)26-2/h3-5,8-11H,6-7H2,1-2H3,(H,20,24)(H,21,22). The van der Waals surface area contributed by atoms with Crippen LogP contribution in [-0.4, -0.2) is 39.3 Å². The average Bonchev–Trinajstić information content (AvgIpc) is 3.15. The molecule has 3 aromatic rings. The van der Waals surface area contributed by atoms with Crippen molar-refractivity contribution in [3.8, 4) is 17.0 Å². The number of benzene rings is 1. The van der Waals surface area contributed by atoms with Crippen molar-refractivity contribution < 1.29 is 9.53 Å². The van der Waals surface area contributed by atoms with Gasteiger partial charge in [0.15, 0.2) is 0 Å². The van der Waals surface area contributed by atoms with E-state index in [2.05, 4.69) is 20.5 Å². The van der Waals surface area contributed by atoms with Gasteiger partial charge >= 0.3 is 0 Å². The first kappa shape index (κ1) is 17.4. The van der Waals surface area contributed by atoms with E-state index in [9.17, 15) is 9.59 Å². The van der Waals surface area contributed by atoms with E-state index in [1.807, 2.05) is 24.3 Å². The molecule has 0 aliphatic carbocycles. The lowest BCUT2D eigenvalue weighted by molar-refractivity contribution is 0.0947. The molecule has 0 radical (unpaired) electrons. The minimum absolute atomic E-state index is 0.115. The number of ether oxygens (including phenoxy) is 1. The number of aryl methyl sites for hydroxylation is 1. The molecular formula is C18H19N5O3. The lowest BCUT2D eigenvalue weighted by atomic mass is 10.1. The normalized spacial score (nSPS) is 10.5. The number of carbonyl (C=O) groups excluding carboxylic acids is 1. The number of rotatable bonds is 6. The van der Waals surface area contributed by atoms with Gasteiger partial charge in [0, 0.05) is 30.4 Å². The number of H-pyrrole nitrogens is 1. The van der Waals surface area contributed by atoms with Crippen LogP contribution in [0.1, 0.15) is 16.1 Å². The van der Waals surface area contributed by atoms with Crippen LogP contribution in [0.25, 0.3) is 11.3 Å². The zero-order valence-electron chi connectivity index (χ0n) is 14.5. The Morgan fingerprint density at radius 3 is 3.00 bits per heavy atom. The van der Waals surface area contributed by atoms with Crippen LogP contribution >= 0.6 is 0 Å². The largest absolute Gasteiger partial charge is 0.497 e. The Morgan fingerprint density at radius 1 is 1.35 bits per heavy atom. The summed E-state index contributed by atoms with van der Waals surface area (Å²) < 4.78 is 6.66. The first-order chi connectivity index (χ1) is 12.6. The second-order valence-corrected chi connectivity index (χ2v) is 5.73. The van der Waals surface area contributed by atoms with Gasteiger partial charge in [-0.2, -0.15) is 5.10 Å². The summed E-state index contributed by atoms with van der Waals surface area (Å²) in [6, 6.07) is 9.10. The Bertz CT molecular complexity index is 977. The first-order valence-corrected chi connectivity index (χ1v) is 8.07. The second-order valence-electron chi connectivity index (χ2n) is 5.73. The Kier molecular flexibility index (Phi) is 5.12. The van der Waals surface area contributed by atoms with Crippen LogP contribution < -0.4 is 15.6 Å². The van der Waals surface area contributed by atoms with Crippen molar-refractivity contribution in [3.63, 3.8) is 0 Å². The van der Waals surface area contributed by atoms with E-state index < -0.39 is 0 Å². The topological polar surface area (TPSA) is 102 Å². The molecule has 8 heteroatoms. The average molecular weight is 353 g/mol. The van der Waals surface area contributed by atoms with Crippen LogP contribution in [0, 0.1) is 6.92 Å². The van der Waals surface area contributed by atoms with Crippen molar-refractivity contribution in [2.45, 2.75) is 13.5 Å². The van der Waals surface area contributed by atoms with Gasteiger partial charge in [0.2, 0.25) is 0 Å². The van der Waals surface area contributed by atoms with Gasteiger partial charge in [0.05, 0.1) is 19.1 Å². The zero-order chi connectivity index (χ0) is 18.5. The molecule has 0 saturated carbocycles. The lowest BCUT2D eigenvalue weighted by Gasteiger charge is -2.06. The molecule has 0 aliphatic rings. The smallest absolute Gasteiger partial charge is 0.269 e. The quantitative estimate of drug-likeness (QED) is 0.697. The maximum Gasteiger partial charge on any atom is 0.269 e. The highest BCUT2D eigenvalue weighted by Gasteiger charge is 2.11. The molecule has 0 bridgehead atoms. The first-order valence-electron chi connectivity index (χ1n) is 8.07. The Hall–Kier alpha value is -3.42. The highest BCUT2D eigenvalue weighted by molar-refractivity contribution is 5.93. The molecule has 0 saturated heterocycles. The SMILES string of the molecule is COc1cccc(-c2cc(C(=O)NCCn3cncc(C)c3=O)[nH]n2)c1. The third-order valence-corrected chi connectivity index (χ3v) is 3.90. The summed E-state index contributed by atoms with van der Waals surface area (Å²) in [6.45, 7) is 2.35. The molecule has 134 valence electrons. The van der Waals surface area contributed by atoms with Crippen LogP contribution in [0.5, 0.6) is 5.75 Å². The number of hydrogen-bond acceptors (Lipinski definition) is 5. The van der Waals surface area contributed by atoms with E-state index in [0.29, 0.717) is 35.8 Å². The van der Waals surface area contributed by atoms with Crippen LogP contribution in [-0.2, 0) is 6.54 Å². The highest BCUT2D eigenvalue weighted by atomic mass is 16.5. The second kappa shape index (κ2) is 7.64. The molecule has 0 atom stereocenters. The van der Waals surface area contributed by atoms with Crippen LogP contribution in [0.4, 0.5) is 0 Å². The number of carbonyl (C=O) groups is 1. The number of hydrogen-bond donors (Lipinski definition) is 2. The van der Waals surface area contributed by atoms with E-state index in [0.717, 1.165) is 5.56 Å². The van der Waals surface area contributed by atoms with Crippen LogP contribution in [0.2, 0.25) is 0 Å². The van der Waals surface area contributed by atoms with Crippen molar-refractivity contribution in [1.82, 2.24) is 25.1 Å². The van der Waals surface area contributed by atoms with Crippen molar-refractivity contribution in [2.75, 3.05) is 13.7 Å². The van der Waals surface area contributed by atoms with Crippen LogP contribution in [0.3, 0.4) is 0 Å². The fourth-order valence-corrected chi connectivity index (χ4v) is 2.47. The maximum atomic E-state index is 12.2. The van der Waals surface area contributed by atoms with Crippen molar-refractivity contribution in [1.29, 1.82) is 0 Å². The molecule has 0 unspecified atom stereocenters. The Balaban J connectivity index is 1.63. The number of nitrogens with one attached hydrogen (secondary N) is 2. The van der Waals surface area contributed by atoms with E-state index >= 15 is 0 Å². The minimum atomic E-state index is -0.291. The van der Waals surface area contributed by atoms with Gasteiger partial charge in [0.25, 0.3) is 11.5 Å². The molecule has 0 spiro atoms. The van der Waals surface area contributed by atoms with E-state index in [1.54, 1.807) is 20.1 Å². The van der Waals surface area contributed by atoms with Gasteiger partial charge in [-0.1, -0.05) is 12.1 Å². The van der Waals surface area contributed by atoms with Crippen molar-refractivity contribution >= 4 is 5.91 Å². The van der Waals surface area contributed by atoms with Gasteiger partial charge in [-0.25, -0.2) is 4.98 Å². The summed E-state index contributed by atoms with van der Waals surface area (Å²) in [5, 5.41) is 9.65. The number of nitrogens with zero attached hydrogens (tertiary/aromatic N) is 3. The highest BCUT2D eigenvalue weighted by Crippen LogP contribution is 2.22. The minimum Gasteiger partial charge on any atom is -0.497 e. The number of methoxy groups -OCH3 is 1. The molecule has 2 aromatic heterocycles.